The van der Waals surface area contributed by atoms with E-state index in [4.69, 9.17) is 4.42 Å². The number of hydrogen-bond donors (Lipinski definition) is 1. The van der Waals surface area contributed by atoms with Gasteiger partial charge in [-0.05, 0) is 32.9 Å². The van der Waals surface area contributed by atoms with Crippen LogP contribution in [0.25, 0.3) is 0 Å². The van der Waals surface area contributed by atoms with E-state index in [0.29, 0.717) is 38.5 Å². The fourth-order valence-corrected chi connectivity index (χ4v) is 2.33. The number of hydrogen-bond acceptors (Lipinski definition) is 4. The van der Waals surface area contributed by atoms with Gasteiger partial charge in [-0.2, -0.15) is 0 Å². The van der Waals surface area contributed by atoms with Crippen molar-refractivity contribution in [2.75, 3.05) is 32.7 Å². The van der Waals surface area contributed by atoms with Gasteiger partial charge in [0.15, 0.2) is 5.76 Å². The van der Waals surface area contributed by atoms with Crippen molar-refractivity contribution >= 4 is 11.8 Å². The lowest BCUT2D eigenvalue weighted by atomic mass is 10.1. The Morgan fingerprint density at radius 3 is 2.43 bits per heavy atom. The van der Waals surface area contributed by atoms with Crippen molar-refractivity contribution in [2.45, 2.75) is 26.3 Å². The fourth-order valence-electron chi connectivity index (χ4n) is 2.33. The second-order valence-electron chi connectivity index (χ2n) is 6.34. The van der Waals surface area contributed by atoms with Crippen molar-refractivity contribution in [1.29, 1.82) is 0 Å². The van der Waals surface area contributed by atoms with Crippen molar-refractivity contribution in [2.24, 2.45) is 0 Å². The van der Waals surface area contributed by atoms with Crippen LogP contribution in [0, 0.1) is 0 Å². The van der Waals surface area contributed by atoms with Crippen LogP contribution in [0.2, 0.25) is 0 Å². The van der Waals surface area contributed by atoms with Crippen molar-refractivity contribution in [3.63, 3.8) is 0 Å². The van der Waals surface area contributed by atoms with Crippen LogP contribution in [-0.4, -0.2) is 59.9 Å². The van der Waals surface area contributed by atoms with Gasteiger partial charge in [-0.3, -0.25) is 14.5 Å². The molecule has 2 heterocycles. The average molecular weight is 293 g/mol. The molecule has 0 unspecified atom stereocenters. The summed E-state index contributed by atoms with van der Waals surface area (Å²) in [5.41, 5.74) is -0.214. The Bertz CT molecular complexity index is 483. The van der Waals surface area contributed by atoms with E-state index in [2.05, 4.69) is 10.2 Å². The quantitative estimate of drug-likeness (QED) is 0.901. The van der Waals surface area contributed by atoms with Crippen LogP contribution in [0.3, 0.4) is 0 Å². The summed E-state index contributed by atoms with van der Waals surface area (Å²) in [7, 11) is 0. The molecule has 2 rings (SSSR count). The number of nitrogens with zero attached hydrogens (tertiary/aromatic N) is 2. The SMILES string of the molecule is CC(C)(C)NC(=O)CN1CCN(C(=O)c2ccco2)CC1. The Kier molecular flexibility index (Phi) is 4.67. The fraction of sp³-hybridized carbons (Fsp3) is 0.600. The van der Waals surface area contributed by atoms with Crippen molar-refractivity contribution < 1.29 is 14.0 Å². The summed E-state index contributed by atoms with van der Waals surface area (Å²) in [5.74, 6) is 0.307. The molecule has 116 valence electrons. The molecule has 0 spiro atoms. The molecule has 0 radical (unpaired) electrons. The molecule has 0 atom stereocenters. The molecule has 1 fully saturated rings. The van der Waals surface area contributed by atoms with Gasteiger partial charge < -0.3 is 14.6 Å². The molecule has 6 heteroatoms. The van der Waals surface area contributed by atoms with E-state index in [1.54, 1.807) is 17.0 Å². The van der Waals surface area contributed by atoms with Crippen LogP contribution >= 0.6 is 0 Å². The lowest BCUT2D eigenvalue weighted by Crippen LogP contribution is -2.52. The summed E-state index contributed by atoms with van der Waals surface area (Å²) in [6, 6.07) is 3.38. The molecule has 1 aliphatic heterocycles. The molecule has 1 aliphatic rings. The first-order valence-corrected chi connectivity index (χ1v) is 7.21. The van der Waals surface area contributed by atoms with Gasteiger partial charge in [0.2, 0.25) is 5.91 Å². The summed E-state index contributed by atoms with van der Waals surface area (Å²) in [6.07, 6.45) is 1.50. The van der Waals surface area contributed by atoms with Gasteiger partial charge in [-0.1, -0.05) is 0 Å². The molecular weight excluding hydrogens is 270 g/mol. The van der Waals surface area contributed by atoms with Crippen molar-refractivity contribution in [1.82, 2.24) is 15.1 Å². The van der Waals surface area contributed by atoms with Crippen molar-refractivity contribution in [3.05, 3.63) is 24.2 Å². The zero-order valence-electron chi connectivity index (χ0n) is 12.9. The van der Waals surface area contributed by atoms with Gasteiger partial charge >= 0.3 is 0 Å². The van der Waals surface area contributed by atoms with E-state index in [-0.39, 0.29) is 17.4 Å². The standard InChI is InChI=1S/C15H23N3O3/c1-15(2,3)16-13(19)11-17-6-8-18(9-7-17)14(20)12-5-4-10-21-12/h4-5,10H,6-9,11H2,1-3H3,(H,16,19). The highest BCUT2D eigenvalue weighted by Gasteiger charge is 2.25. The Balaban J connectivity index is 1.78. The van der Waals surface area contributed by atoms with Crippen LogP contribution in [0.4, 0.5) is 0 Å². The molecule has 6 nitrogen and oxygen atoms in total. The van der Waals surface area contributed by atoms with Crippen LogP contribution in [-0.2, 0) is 4.79 Å². The number of carbonyl (C=O) groups excluding carboxylic acids is 2. The number of piperazine rings is 1. The predicted molar refractivity (Wildman–Crippen MR) is 78.9 cm³/mol. The third kappa shape index (κ3) is 4.60. The van der Waals surface area contributed by atoms with E-state index in [0.717, 1.165) is 0 Å². The van der Waals surface area contributed by atoms with E-state index >= 15 is 0 Å². The molecule has 0 saturated carbocycles. The monoisotopic (exact) mass is 293 g/mol. The van der Waals surface area contributed by atoms with Gasteiger partial charge in [-0.15, -0.1) is 0 Å². The molecule has 21 heavy (non-hydrogen) atoms. The van der Waals surface area contributed by atoms with Crippen LogP contribution in [0.15, 0.2) is 22.8 Å². The van der Waals surface area contributed by atoms with Gasteiger partial charge in [-0.25, -0.2) is 0 Å². The topological polar surface area (TPSA) is 65.8 Å². The molecular formula is C15H23N3O3. The maximum atomic E-state index is 12.1. The zero-order valence-corrected chi connectivity index (χ0v) is 12.9. The highest BCUT2D eigenvalue weighted by molar-refractivity contribution is 5.91. The number of nitrogens with one attached hydrogen (secondary N) is 1. The highest BCUT2D eigenvalue weighted by atomic mass is 16.3. The molecule has 0 aromatic carbocycles. The first-order chi connectivity index (χ1) is 9.85. The largest absolute Gasteiger partial charge is 0.459 e. The average Bonchev–Trinajstić information content (AvgIpc) is 2.90. The van der Waals surface area contributed by atoms with Crippen LogP contribution in [0.1, 0.15) is 31.3 Å². The normalized spacial score (nSPS) is 16.8. The van der Waals surface area contributed by atoms with Gasteiger partial charge in [0, 0.05) is 31.7 Å². The summed E-state index contributed by atoms with van der Waals surface area (Å²) in [4.78, 5) is 27.8. The summed E-state index contributed by atoms with van der Waals surface area (Å²) in [6.45, 7) is 8.89. The molecule has 0 aliphatic carbocycles. The van der Waals surface area contributed by atoms with Gasteiger partial charge in [0.25, 0.3) is 5.91 Å². The van der Waals surface area contributed by atoms with Gasteiger partial charge in [0.05, 0.1) is 12.8 Å². The summed E-state index contributed by atoms with van der Waals surface area (Å²) in [5, 5.41) is 2.95. The number of rotatable bonds is 3. The molecule has 1 N–H and O–H groups in total. The second kappa shape index (κ2) is 6.30. The molecule has 1 aromatic heterocycles. The third-order valence-electron chi connectivity index (χ3n) is 3.27. The van der Waals surface area contributed by atoms with Crippen LogP contribution < -0.4 is 5.32 Å². The number of furan rings is 1. The summed E-state index contributed by atoms with van der Waals surface area (Å²) >= 11 is 0. The lowest BCUT2D eigenvalue weighted by molar-refractivity contribution is -0.124. The zero-order chi connectivity index (χ0) is 15.5. The maximum Gasteiger partial charge on any atom is 0.289 e. The summed E-state index contributed by atoms with van der Waals surface area (Å²) < 4.78 is 5.13. The Labute approximate surface area is 125 Å². The van der Waals surface area contributed by atoms with Crippen molar-refractivity contribution in [3.8, 4) is 0 Å². The first-order valence-electron chi connectivity index (χ1n) is 7.21. The first kappa shape index (κ1) is 15.6. The van der Waals surface area contributed by atoms with E-state index in [1.165, 1.54) is 6.26 Å². The van der Waals surface area contributed by atoms with E-state index in [1.807, 2.05) is 20.8 Å². The van der Waals surface area contributed by atoms with E-state index in [9.17, 15) is 9.59 Å². The van der Waals surface area contributed by atoms with E-state index < -0.39 is 0 Å². The predicted octanol–water partition coefficient (Wildman–Crippen LogP) is 0.952. The second-order valence-corrected chi connectivity index (χ2v) is 6.34. The minimum absolute atomic E-state index is 0.0216. The Morgan fingerprint density at radius 2 is 1.90 bits per heavy atom. The smallest absolute Gasteiger partial charge is 0.289 e. The van der Waals surface area contributed by atoms with Crippen LogP contribution in [0.5, 0.6) is 0 Å². The number of carbonyl (C=O) groups is 2. The Hall–Kier alpha value is -1.82. The molecule has 0 bridgehead atoms. The molecule has 1 aromatic rings. The molecule has 2 amide bonds. The minimum Gasteiger partial charge on any atom is -0.459 e. The highest BCUT2D eigenvalue weighted by Crippen LogP contribution is 2.09. The number of amides is 2. The lowest BCUT2D eigenvalue weighted by Gasteiger charge is -2.34. The van der Waals surface area contributed by atoms with Gasteiger partial charge in [0.1, 0.15) is 0 Å². The molecule has 1 saturated heterocycles. The maximum absolute atomic E-state index is 12.1. The minimum atomic E-state index is -0.214. The Morgan fingerprint density at radius 1 is 1.24 bits per heavy atom. The third-order valence-corrected chi connectivity index (χ3v) is 3.27.